The maximum absolute atomic E-state index is 15.2. The third-order valence-corrected chi connectivity index (χ3v) is 18.1. The number of amides is 8. The quantitative estimate of drug-likeness (QED) is 0.133. The molecular weight excluding hydrogens is 1140 g/mol. The Morgan fingerprint density at radius 1 is 0.517 bits per heavy atom. The molecule has 0 aromatic carbocycles. The van der Waals surface area contributed by atoms with Crippen LogP contribution in [0.15, 0.2) is 12.2 Å². The lowest BCUT2D eigenvalue weighted by atomic mass is 9.82. The van der Waals surface area contributed by atoms with Gasteiger partial charge in [-0.25, -0.2) is 0 Å². The Labute approximate surface area is 533 Å². The molecule has 0 spiro atoms. The third kappa shape index (κ3) is 22.4. The molecule has 22 heteroatoms. The smallest absolute Gasteiger partial charge is 0.303 e. The van der Waals surface area contributed by atoms with Crippen LogP contribution in [0.3, 0.4) is 0 Å². The van der Waals surface area contributed by atoms with Crippen molar-refractivity contribution in [3.63, 3.8) is 0 Å². The summed E-state index contributed by atoms with van der Waals surface area (Å²) in [4.78, 5) is 183. The monoisotopic (exact) mass is 1260 g/mol. The average molecular weight is 1260 g/mol. The molecule has 1 saturated heterocycles. The minimum absolute atomic E-state index is 0.0240. The van der Waals surface area contributed by atoms with Crippen molar-refractivity contribution < 1.29 is 67.7 Å². The number of likely N-dealkylation sites (N-methyl/N-ethyl adjacent to an activating group) is 7. The number of rotatable bonds is 17. The number of Topliss-reactive ketones (excluding diaryl/α,β-unsaturated/α-hetero) is 3. The van der Waals surface area contributed by atoms with Gasteiger partial charge in [-0.15, -0.1) is 0 Å². The van der Waals surface area contributed by atoms with E-state index < -0.39 is 173 Å². The molecule has 0 aromatic rings. The number of aliphatic hydroxyl groups is 1. The number of ketones is 3. The Morgan fingerprint density at radius 3 is 1.43 bits per heavy atom. The summed E-state index contributed by atoms with van der Waals surface area (Å²) in [5.74, 6) is -13.6. The van der Waals surface area contributed by atoms with Gasteiger partial charge in [0.05, 0.1) is 18.2 Å². The van der Waals surface area contributed by atoms with E-state index >= 15 is 14.4 Å². The van der Waals surface area contributed by atoms with Gasteiger partial charge in [-0.05, 0) is 93.8 Å². The molecule has 1 heterocycles. The van der Waals surface area contributed by atoms with Crippen LogP contribution in [0.2, 0.25) is 0 Å². The number of carbonyl (C=O) groups is 12. The zero-order valence-corrected chi connectivity index (χ0v) is 58.6. The van der Waals surface area contributed by atoms with Crippen LogP contribution in [0.1, 0.15) is 182 Å². The van der Waals surface area contributed by atoms with Crippen LogP contribution in [0.5, 0.6) is 0 Å². The molecule has 1 aliphatic rings. The van der Waals surface area contributed by atoms with Gasteiger partial charge in [0.15, 0.2) is 11.6 Å². The Morgan fingerprint density at radius 2 is 0.966 bits per heavy atom. The van der Waals surface area contributed by atoms with Crippen molar-refractivity contribution in [2.24, 2.45) is 59.2 Å². The summed E-state index contributed by atoms with van der Waals surface area (Å²) < 4.78 is 0. The first-order valence-corrected chi connectivity index (χ1v) is 32.3. The molecule has 22 nitrogen and oxygen atoms in total. The number of hydrogen-bond acceptors (Lipinski definition) is 13. The molecule has 3 N–H and O–H groups in total. The van der Waals surface area contributed by atoms with E-state index in [0.29, 0.717) is 0 Å². The maximum Gasteiger partial charge on any atom is 0.303 e. The van der Waals surface area contributed by atoms with Gasteiger partial charge >= 0.3 is 5.97 Å². The van der Waals surface area contributed by atoms with Gasteiger partial charge in [-0.1, -0.05) is 116 Å². The lowest BCUT2D eigenvalue weighted by molar-refractivity contribution is -0.157. The maximum atomic E-state index is 15.2. The summed E-state index contributed by atoms with van der Waals surface area (Å²) in [6, 6.07) is -10.1. The summed E-state index contributed by atoms with van der Waals surface area (Å²) >= 11 is 0. The fourth-order valence-corrected chi connectivity index (χ4v) is 12.1. The molecule has 0 unspecified atom stereocenters. The number of aliphatic carboxylic acids is 1. The normalized spacial score (nSPS) is 27.6. The van der Waals surface area contributed by atoms with Gasteiger partial charge in [0.2, 0.25) is 47.3 Å². The number of carboxylic acids is 1. The van der Waals surface area contributed by atoms with E-state index in [0.717, 1.165) is 14.7 Å². The summed E-state index contributed by atoms with van der Waals surface area (Å²) in [5, 5.41) is 24.6. The van der Waals surface area contributed by atoms with Gasteiger partial charge < -0.3 is 49.8 Å². The standard InChI is InChI=1S/C67H116N8O14/c1-25-27-28-43(14)59(81)58-60(82)68-48(26-2)64(86)69(18)46(17)62(84)74(23)57(42(13)29-30-55(79)80)54(78)36-47(40(9)10)63(85)70(19)49(31-37(3)4)53(77)34-44(15)52(76)35-45(16)61(83)71(20)50(32-38(5)6)65(87)72(21)51(33-39(7)8)66(88)73(22)56(41(11)12)67(89)75(58)24/h25,27,37-51,56-59,81H,26,28-36H2,1-24H3,(H,68,82)(H,79,80)/b27-25+/t42-,43-,44-,45+,46-,47+,48+,49+,50+,51+,56+,57+,58+,59-/m1/s1. The zero-order valence-electron chi connectivity index (χ0n) is 58.6. The van der Waals surface area contributed by atoms with Crippen molar-refractivity contribution in [2.75, 3.05) is 49.3 Å². The van der Waals surface area contributed by atoms with Crippen LogP contribution in [0.25, 0.3) is 0 Å². The van der Waals surface area contributed by atoms with Crippen LogP contribution in [0, 0.1) is 59.2 Å². The summed E-state index contributed by atoms with van der Waals surface area (Å²) in [6.45, 7) is 29.6. The van der Waals surface area contributed by atoms with Gasteiger partial charge in [-0.2, -0.15) is 0 Å². The van der Waals surface area contributed by atoms with Gasteiger partial charge in [-0.3, -0.25) is 57.5 Å². The number of hydrogen-bond donors (Lipinski definition) is 3. The number of nitrogens with zero attached hydrogens (tertiary/aromatic N) is 7. The second-order valence-electron chi connectivity index (χ2n) is 27.7. The van der Waals surface area contributed by atoms with Crippen molar-refractivity contribution in [3.8, 4) is 0 Å². The highest BCUT2D eigenvalue weighted by molar-refractivity contribution is 6.00. The second-order valence-corrected chi connectivity index (χ2v) is 27.7. The largest absolute Gasteiger partial charge is 0.481 e. The van der Waals surface area contributed by atoms with Crippen molar-refractivity contribution in [3.05, 3.63) is 12.2 Å². The van der Waals surface area contributed by atoms with E-state index in [1.54, 1.807) is 81.4 Å². The molecule has 14 atom stereocenters. The van der Waals surface area contributed by atoms with Crippen molar-refractivity contribution in [1.82, 2.24) is 39.6 Å². The number of carboxylic acid groups (broad SMARTS) is 1. The molecule has 1 rings (SSSR count). The first kappa shape index (κ1) is 81.0. The fourth-order valence-electron chi connectivity index (χ4n) is 12.1. The lowest BCUT2D eigenvalue weighted by Gasteiger charge is -2.41. The molecule has 0 aliphatic carbocycles. The van der Waals surface area contributed by atoms with Crippen molar-refractivity contribution in [1.29, 1.82) is 0 Å². The molecule has 0 aromatic heterocycles. The molecule has 0 saturated carbocycles. The average Bonchev–Trinajstić information content (AvgIpc) is 2.30. The first-order chi connectivity index (χ1) is 41.0. The second kappa shape index (κ2) is 36.7. The summed E-state index contributed by atoms with van der Waals surface area (Å²) in [7, 11) is 9.93. The molecule has 0 radical (unpaired) electrons. The third-order valence-electron chi connectivity index (χ3n) is 18.1. The van der Waals surface area contributed by atoms with Gasteiger partial charge in [0.1, 0.15) is 42.0 Å². The highest BCUT2D eigenvalue weighted by atomic mass is 16.4. The highest BCUT2D eigenvalue weighted by Gasteiger charge is 2.46. The number of allylic oxidation sites excluding steroid dienone is 2. The molecule has 1 aliphatic heterocycles. The first-order valence-electron chi connectivity index (χ1n) is 32.3. The molecule has 89 heavy (non-hydrogen) atoms. The number of nitrogens with one attached hydrogen (secondary N) is 1. The Bertz CT molecular complexity index is 2480. The van der Waals surface area contributed by atoms with Crippen molar-refractivity contribution in [2.45, 2.75) is 236 Å². The van der Waals surface area contributed by atoms with E-state index in [2.05, 4.69) is 5.32 Å². The van der Waals surface area contributed by atoms with Crippen LogP contribution in [-0.4, -0.2) is 219 Å². The van der Waals surface area contributed by atoms with E-state index in [4.69, 9.17) is 0 Å². The van der Waals surface area contributed by atoms with Crippen LogP contribution >= 0.6 is 0 Å². The SMILES string of the molecule is C/C=C/C[C@@H](C)[C@@H](O)[C@H]1C(=O)N[C@@H](CC)C(=O)N(C)[C@H](C)C(=O)N(C)[C@@H]([C@H](C)CCC(=O)O)C(=O)C[C@@H](C(C)C)C(=O)N(C)[C@@H](CC(C)C)C(=O)C[C@@H](C)C(=O)C[C@H](C)C(=O)N(C)[C@@H](CC(C)C)C(=O)N(C)[C@@H](CC(C)C)C(=O)N(C)[C@@H](C(C)C)C(=O)N1C. The Kier molecular flexibility index (Phi) is 33.4. The van der Waals surface area contributed by atoms with E-state index in [-0.39, 0.29) is 75.5 Å². The number of aliphatic hydroxyl groups excluding tert-OH is 1. The summed E-state index contributed by atoms with van der Waals surface area (Å²) in [6.07, 6.45) is 1.48. The Balaban J connectivity index is 4.44. The summed E-state index contributed by atoms with van der Waals surface area (Å²) in [5.41, 5.74) is 0. The zero-order chi connectivity index (χ0) is 69.1. The van der Waals surface area contributed by atoms with E-state index in [1.165, 1.54) is 75.9 Å². The van der Waals surface area contributed by atoms with Crippen molar-refractivity contribution >= 4 is 70.6 Å². The molecular formula is C67H116N8O14. The van der Waals surface area contributed by atoms with Gasteiger partial charge in [0.25, 0.3) is 0 Å². The number of carbonyl (C=O) groups excluding carboxylic acids is 11. The van der Waals surface area contributed by atoms with Crippen LogP contribution in [-0.2, 0) is 57.5 Å². The molecule has 508 valence electrons. The van der Waals surface area contributed by atoms with Crippen LogP contribution in [0.4, 0.5) is 0 Å². The predicted octanol–water partition coefficient (Wildman–Crippen LogP) is 6.38. The molecule has 1 fully saturated rings. The van der Waals surface area contributed by atoms with E-state index in [9.17, 15) is 53.4 Å². The Hall–Kier alpha value is -6.06. The minimum atomic E-state index is -1.65. The predicted molar refractivity (Wildman–Crippen MR) is 343 cm³/mol. The lowest BCUT2D eigenvalue weighted by Crippen LogP contribution is -2.63. The molecule has 8 amide bonds. The highest BCUT2D eigenvalue weighted by Crippen LogP contribution is 2.30. The van der Waals surface area contributed by atoms with E-state index in [1.807, 2.05) is 41.5 Å². The topological polar surface area (TPSA) is 280 Å². The van der Waals surface area contributed by atoms with Crippen LogP contribution < -0.4 is 5.32 Å². The van der Waals surface area contributed by atoms with Gasteiger partial charge in [0, 0.05) is 92.8 Å². The molecule has 0 bridgehead atoms. The minimum Gasteiger partial charge on any atom is -0.481 e. The fraction of sp³-hybridized carbons (Fsp3) is 0.791.